The fourth-order valence-corrected chi connectivity index (χ4v) is 2.03. The first-order valence-corrected chi connectivity index (χ1v) is 5.35. The van der Waals surface area contributed by atoms with Crippen molar-refractivity contribution in [1.29, 1.82) is 0 Å². The molecule has 0 radical (unpaired) electrons. The zero-order valence-electron chi connectivity index (χ0n) is 9.21. The van der Waals surface area contributed by atoms with Gasteiger partial charge in [0.15, 0.2) is 5.78 Å². The maximum Gasteiger partial charge on any atom is 0.155 e. The Hall–Kier alpha value is -1.44. The molecule has 0 saturated carbocycles. The van der Waals surface area contributed by atoms with Gasteiger partial charge in [-0.15, -0.1) is 0 Å². The van der Waals surface area contributed by atoms with Gasteiger partial charge in [-0.05, 0) is 50.0 Å². The number of rotatable bonds is 1. The molecule has 0 spiro atoms. The van der Waals surface area contributed by atoms with Crippen LogP contribution in [0.2, 0.25) is 0 Å². The number of ketones is 1. The third-order valence-electron chi connectivity index (χ3n) is 2.78. The third-order valence-corrected chi connectivity index (χ3v) is 2.78. The summed E-state index contributed by atoms with van der Waals surface area (Å²) < 4.78 is 0. The van der Waals surface area contributed by atoms with Gasteiger partial charge in [-0.1, -0.05) is 6.07 Å². The molecule has 0 aliphatic heterocycles. The van der Waals surface area contributed by atoms with Crippen LogP contribution >= 0.6 is 0 Å². The van der Waals surface area contributed by atoms with E-state index in [9.17, 15) is 4.79 Å². The number of aromatic nitrogens is 1. The number of nitrogens with zero attached hydrogens (tertiary/aromatic N) is 1. The van der Waals surface area contributed by atoms with Gasteiger partial charge in [0, 0.05) is 17.8 Å². The van der Waals surface area contributed by atoms with Gasteiger partial charge in [-0.2, -0.15) is 0 Å². The molecule has 0 unspecified atom stereocenters. The Bertz CT molecular complexity index is 432. The highest BCUT2D eigenvalue weighted by Gasteiger charge is 2.13. The summed E-state index contributed by atoms with van der Waals surface area (Å²) in [7, 11) is 0. The molecule has 1 aromatic heterocycles. The number of allylic oxidation sites excluding steroid dienone is 2. The lowest BCUT2D eigenvalue weighted by atomic mass is 9.92. The first-order chi connectivity index (χ1) is 7.16. The predicted octanol–water partition coefficient (Wildman–Crippen LogP) is 2.83. The minimum atomic E-state index is 0.247. The van der Waals surface area contributed by atoms with Crippen molar-refractivity contribution >= 4 is 11.4 Å². The average Bonchev–Trinajstić information content (AvgIpc) is 2.17. The summed E-state index contributed by atoms with van der Waals surface area (Å²) in [6.45, 7) is 3.99. The van der Waals surface area contributed by atoms with E-state index < -0.39 is 0 Å². The molecule has 0 saturated heterocycles. The maximum atomic E-state index is 11.3. The van der Waals surface area contributed by atoms with Crippen LogP contribution in [-0.2, 0) is 4.79 Å². The summed E-state index contributed by atoms with van der Waals surface area (Å²) in [5.41, 5.74) is 4.33. The van der Waals surface area contributed by atoms with Gasteiger partial charge in [-0.25, -0.2) is 0 Å². The highest BCUT2D eigenvalue weighted by Crippen LogP contribution is 2.26. The fourth-order valence-electron chi connectivity index (χ4n) is 2.03. The SMILES string of the molecule is Cc1ccc(C2=CC(=O)CCC2)c(C)n1. The largest absolute Gasteiger partial charge is 0.295 e. The quantitative estimate of drug-likeness (QED) is 0.699. The van der Waals surface area contributed by atoms with Crippen molar-refractivity contribution in [2.75, 3.05) is 0 Å². The molecular weight excluding hydrogens is 186 g/mol. The molecule has 0 fully saturated rings. The van der Waals surface area contributed by atoms with Crippen molar-refractivity contribution in [2.24, 2.45) is 0 Å². The molecular formula is C13H15NO. The molecule has 78 valence electrons. The number of aryl methyl sites for hydroxylation is 2. The van der Waals surface area contributed by atoms with Crippen molar-refractivity contribution in [3.63, 3.8) is 0 Å². The standard InChI is InChI=1S/C13H15NO/c1-9-6-7-13(10(2)14-9)11-4-3-5-12(15)8-11/h6-8H,3-5H2,1-2H3. The van der Waals surface area contributed by atoms with Gasteiger partial charge in [0.1, 0.15) is 0 Å². The number of carbonyl (C=O) groups excluding carboxylic acids is 1. The Kier molecular flexibility index (Phi) is 2.67. The van der Waals surface area contributed by atoms with Crippen molar-refractivity contribution in [3.8, 4) is 0 Å². The van der Waals surface area contributed by atoms with E-state index in [1.807, 2.05) is 19.9 Å². The molecule has 0 atom stereocenters. The van der Waals surface area contributed by atoms with E-state index in [0.717, 1.165) is 35.4 Å². The van der Waals surface area contributed by atoms with Gasteiger partial charge in [0.25, 0.3) is 0 Å². The van der Waals surface area contributed by atoms with E-state index in [4.69, 9.17) is 0 Å². The smallest absolute Gasteiger partial charge is 0.155 e. The summed E-state index contributed by atoms with van der Waals surface area (Å²) in [4.78, 5) is 15.7. The van der Waals surface area contributed by atoms with Crippen LogP contribution in [0.5, 0.6) is 0 Å². The molecule has 15 heavy (non-hydrogen) atoms. The van der Waals surface area contributed by atoms with Crippen LogP contribution in [0.15, 0.2) is 18.2 Å². The highest BCUT2D eigenvalue weighted by molar-refractivity contribution is 5.98. The molecule has 2 rings (SSSR count). The Morgan fingerprint density at radius 3 is 2.67 bits per heavy atom. The van der Waals surface area contributed by atoms with E-state index >= 15 is 0 Å². The minimum absolute atomic E-state index is 0.247. The Morgan fingerprint density at radius 2 is 2.00 bits per heavy atom. The molecule has 0 amide bonds. The molecule has 0 N–H and O–H groups in total. The average molecular weight is 201 g/mol. The molecule has 1 heterocycles. The topological polar surface area (TPSA) is 30.0 Å². The zero-order valence-corrected chi connectivity index (χ0v) is 9.21. The maximum absolute atomic E-state index is 11.3. The fraction of sp³-hybridized carbons (Fsp3) is 0.385. The first-order valence-electron chi connectivity index (χ1n) is 5.35. The molecule has 1 aliphatic carbocycles. The van der Waals surface area contributed by atoms with Crippen molar-refractivity contribution in [2.45, 2.75) is 33.1 Å². The molecule has 2 nitrogen and oxygen atoms in total. The Morgan fingerprint density at radius 1 is 1.20 bits per heavy atom. The van der Waals surface area contributed by atoms with E-state index in [-0.39, 0.29) is 5.78 Å². The molecule has 2 heteroatoms. The molecule has 1 aromatic rings. The predicted molar refractivity (Wildman–Crippen MR) is 60.5 cm³/mol. The Balaban J connectivity index is 2.41. The van der Waals surface area contributed by atoms with Crippen LogP contribution in [0.1, 0.15) is 36.2 Å². The highest BCUT2D eigenvalue weighted by atomic mass is 16.1. The lowest BCUT2D eigenvalue weighted by Crippen LogP contribution is -2.04. The van der Waals surface area contributed by atoms with Gasteiger partial charge in [-0.3, -0.25) is 9.78 Å². The summed E-state index contributed by atoms with van der Waals surface area (Å²) in [6, 6.07) is 4.07. The zero-order chi connectivity index (χ0) is 10.8. The molecule has 0 bridgehead atoms. The lowest BCUT2D eigenvalue weighted by molar-refractivity contribution is -0.114. The van der Waals surface area contributed by atoms with Crippen molar-refractivity contribution in [1.82, 2.24) is 4.98 Å². The second kappa shape index (κ2) is 3.97. The summed E-state index contributed by atoms with van der Waals surface area (Å²) in [5, 5.41) is 0. The van der Waals surface area contributed by atoms with Gasteiger partial charge in [0.05, 0.1) is 0 Å². The number of pyridine rings is 1. The van der Waals surface area contributed by atoms with Crippen LogP contribution < -0.4 is 0 Å². The summed E-state index contributed by atoms with van der Waals surface area (Å²) >= 11 is 0. The summed E-state index contributed by atoms with van der Waals surface area (Å²) in [6.07, 6.45) is 4.44. The van der Waals surface area contributed by atoms with Gasteiger partial charge in [0.2, 0.25) is 0 Å². The number of hydrogen-bond donors (Lipinski definition) is 0. The normalized spacial score (nSPS) is 16.4. The number of hydrogen-bond acceptors (Lipinski definition) is 2. The van der Waals surface area contributed by atoms with E-state index in [0.29, 0.717) is 6.42 Å². The van der Waals surface area contributed by atoms with E-state index in [1.54, 1.807) is 6.08 Å². The van der Waals surface area contributed by atoms with Gasteiger partial charge >= 0.3 is 0 Å². The first kappa shape index (κ1) is 10.1. The monoisotopic (exact) mass is 201 g/mol. The second-order valence-corrected chi connectivity index (χ2v) is 4.08. The van der Waals surface area contributed by atoms with Gasteiger partial charge < -0.3 is 0 Å². The minimum Gasteiger partial charge on any atom is -0.295 e. The van der Waals surface area contributed by atoms with Crippen LogP contribution in [-0.4, -0.2) is 10.8 Å². The van der Waals surface area contributed by atoms with E-state index in [2.05, 4.69) is 11.1 Å². The summed E-state index contributed by atoms with van der Waals surface area (Å²) in [5.74, 6) is 0.247. The third kappa shape index (κ3) is 2.14. The molecule has 0 aromatic carbocycles. The van der Waals surface area contributed by atoms with Crippen LogP contribution in [0.3, 0.4) is 0 Å². The number of carbonyl (C=O) groups is 1. The second-order valence-electron chi connectivity index (χ2n) is 4.08. The van der Waals surface area contributed by atoms with Crippen molar-refractivity contribution in [3.05, 3.63) is 35.2 Å². The molecule has 1 aliphatic rings. The van der Waals surface area contributed by atoms with Crippen LogP contribution in [0.4, 0.5) is 0 Å². The van der Waals surface area contributed by atoms with Crippen LogP contribution in [0.25, 0.3) is 5.57 Å². The van der Waals surface area contributed by atoms with E-state index in [1.165, 1.54) is 0 Å². The van der Waals surface area contributed by atoms with Crippen LogP contribution in [0, 0.1) is 13.8 Å². The Labute approximate surface area is 90.0 Å². The van der Waals surface area contributed by atoms with Crippen molar-refractivity contribution < 1.29 is 4.79 Å². The lowest BCUT2D eigenvalue weighted by Gasteiger charge is -2.14.